The number of hydrogen-bond donors (Lipinski definition) is 3. The first kappa shape index (κ1) is 25.6. The van der Waals surface area contributed by atoms with E-state index < -0.39 is 12.7 Å². The van der Waals surface area contributed by atoms with Gasteiger partial charge in [-0.1, -0.05) is 55.6 Å². The quantitative estimate of drug-likeness (QED) is 0.283. The van der Waals surface area contributed by atoms with Gasteiger partial charge in [-0.2, -0.15) is 0 Å². The molecule has 0 saturated heterocycles. The van der Waals surface area contributed by atoms with Crippen molar-refractivity contribution in [3.05, 3.63) is 81.7 Å². The summed E-state index contributed by atoms with van der Waals surface area (Å²) >= 11 is 6.03. The highest BCUT2D eigenvalue weighted by molar-refractivity contribution is 6.30. The Bertz CT molecular complexity index is 1390. The average molecular weight is 509 g/mol. The molecule has 0 aliphatic heterocycles. The highest BCUT2D eigenvalue weighted by Gasteiger charge is 2.16. The number of aryl methyl sites for hydroxylation is 1. The van der Waals surface area contributed by atoms with Crippen LogP contribution in [0.1, 0.15) is 36.5 Å². The third-order valence-corrected chi connectivity index (χ3v) is 6.25. The lowest BCUT2D eigenvalue weighted by Gasteiger charge is -2.15. The van der Waals surface area contributed by atoms with Crippen LogP contribution in [-0.4, -0.2) is 49.3 Å². The molecule has 0 radical (unpaired) electrons. The van der Waals surface area contributed by atoms with Crippen LogP contribution in [0.5, 0.6) is 0 Å². The number of nitrogens with zero attached hydrogens (tertiary/aromatic N) is 3. The maximum absolute atomic E-state index is 13.1. The fourth-order valence-corrected chi connectivity index (χ4v) is 4.13. The van der Waals surface area contributed by atoms with Crippen LogP contribution in [0.2, 0.25) is 5.02 Å². The van der Waals surface area contributed by atoms with Gasteiger partial charge in [-0.3, -0.25) is 14.0 Å². The van der Waals surface area contributed by atoms with Crippen molar-refractivity contribution in [2.45, 2.75) is 38.8 Å². The molecule has 1 amide bonds. The zero-order valence-electron chi connectivity index (χ0n) is 20.0. The van der Waals surface area contributed by atoms with Gasteiger partial charge in [0.05, 0.1) is 24.1 Å². The largest absolute Gasteiger partial charge is 0.394 e. The van der Waals surface area contributed by atoms with E-state index in [0.717, 1.165) is 36.1 Å². The summed E-state index contributed by atoms with van der Waals surface area (Å²) < 4.78 is 3.61. The van der Waals surface area contributed by atoms with Gasteiger partial charge in [-0.25, -0.2) is 4.98 Å². The van der Waals surface area contributed by atoms with Crippen LogP contribution >= 0.6 is 11.6 Å². The third-order valence-electron chi connectivity index (χ3n) is 5.99. The molecule has 0 fully saturated rings. The van der Waals surface area contributed by atoms with Crippen LogP contribution in [0.3, 0.4) is 0 Å². The molecule has 0 unspecified atom stereocenters. The highest BCUT2D eigenvalue weighted by atomic mass is 35.5. The summed E-state index contributed by atoms with van der Waals surface area (Å²) in [6, 6.07) is 15.9. The van der Waals surface area contributed by atoms with Crippen LogP contribution in [0.15, 0.2) is 65.6 Å². The van der Waals surface area contributed by atoms with Crippen LogP contribution in [0.25, 0.3) is 28.3 Å². The lowest BCUT2D eigenvalue weighted by Crippen LogP contribution is -2.33. The predicted octanol–water partition coefficient (Wildman–Crippen LogP) is 3.76. The van der Waals surface area contributed by atoms with E-state index in [-0.39, 0.29) is 18.0 Å². The number of aliphatic hydroxyl groups excluding tert-OH is 2. The first-order valence-corrected chi connectivity index (χ1v) is 12.4. The average Bonchev–Trinajstić information content (AvgIpc) is 3.35. The molecule has 0 saturated carbocycles. The van der Waals surface area contributed by atoms with Gasteiger partial charge in [0.25, 0.3) is 11.5 Å². The molecule has 4 aromatic rings. The summed E-state index contributed by atoms with van der Waals surface area (Å²) in [6.45, 7) is 2.36. The van der Waals surface area contributed by atoms with Gasteiger partial charge in [0.15, 0.2) is 0 Å². The lowest BCUT2D eigenvalue weighted by molar-refractivity contribution is 0.0802. The van der Waals surface area contributed by atoms with Gasteiger partial charge in [0.1, 0.15) is 0 Å². The van der Waals surface area contributed by atoms with E-state index in [9.17, 15) is 14.7 Å². The fourth-order valence-electron chi connectivity index (χ4n) is 4.00. The molecule has 3 N–H and O–H groups in total. The van der Waals surface area contributed by atoms with Crippen molar-refractivity contribution in [3.8, 4) is 22.5 Å². The summed E-state index contributed by atoms with van der Waals surface area (Å²) in [5.41, 5.74) is 3.27. The Morgan fingerprint density at radius 3 is 2.44 bits per heavy atom. The smallest absolute Gasteiger partial charge is 0.259 e. The minimum atomic E-state index is -1.01. The summed E-state index contributed by atoms with van der Waals surface area (Å²) in [7, 11) is 0. The number of halogens is 1. The molecule has 0 bridgehead atoms. The Labute approximate surface area is 213 Å². The monoisotopic (exact) mass is 508 g/mol. The van der Waals surface area contributed by atoms with Crippen LogP contribution < -0.4 is 10.9 Å². The van der Waals surface area contributed by atoms with Gasteiger partial charge in [-0.15, -0.1) is 0 Å². The highest BCUT2D eigenvalue weighted by Crippen LogP contribution is 2.25. The molecule has 9 heteroatoms. The van der Waals surface area contributed by atoms with E-state index in [1.165, 1.54) is 0 Å². The Kier molecular flexibility index (Phi) is 8.20. The summed E-state index contributed by atoms with van der Waals surface area (Å²) in [4.78, 5) is 30.3. The van der Waals surface area contributed by atoms with E-state index >= 15 is 0 Å². The Morgan fingerprint density at radius 1 is 1.08 bits per heavy atom. The molecule has 4 rings (SSSR count). The van der Waals surface area contributed by atoms with Crippen molar-refractivity contribution in [1.29, 1.82) is 0 Å². The normalized spacial score (nSPS) is 12.1. The van der Waals surface area contributed by atoms with Crippen LogP contribution in [-0.2, 0) is 6.54 Å². The van der Waals surface area contributed by atoms with Crippen LogP contribution in [0, 0.1) is 0 Å². The number of benzene rings is 2. The Balaban J connectivity index is 1.73. The summed E-state index contributed by atoms with van der Waals surface area (Å²) in [6.07, 6.45) is 3.77. The van der Waals surface area contributed by atoms with Gasteiger partial charge >= 0.3 is 0 Å². The van der Waals surface area contributed by atoms with Gasteiger partial charge in [0.2, 0.25) is 5.78 Å². The first-order chi connectivity index (χ1) is 17.4. The number of aromatic nitrogens is 3. The molecular formula is C27H29ClN4O4. The number of unbranched alkanes of at least 4 members (excludes halogenated alkanes) is 2. The van der Waals surface area contributed by atoms with E-state index in [4.69, 9.17) is 21.7 Å². The van der Waals surface area contributed by atoms with Crippen molar-refractivity contribution in [2.75, 3.05) is 13.2 Å². The van der Waals surface area contributed by atoms with Crippen molar-refractivity contribution in [3.63, 3.8) is 0 Å². The van der Waals surface area contributed by atoms with Crippen molar-refractivity contribution in [2.24, 2.45) is 0 Å². The first-order valence-electron chi connectivity index (χ1n) is 12.0. The maximum atomic E-state index is 13.1. The molecule has 36 heavy (non-hydrogen) atoms. The minimum Gasteiger partial charge on any atom is -0.394 e. The van der Waals surface area contributed by atoms with E-state index in [1.807, 2.05) is 16.7 Å². The second-order valence-corrected chi connectivity index (χ2v) is 9.09. The number of fused-ring (bicyclic) bond motifs is 1. The number of aliphatic hydroxyl groups is 2. The lowest BCUT2D eigenvalue weighted by atomic mass is 10.1. The number of nitrogens with one attached hydrogen (secondary N) is 1. The van der Waals surface area contributed by atoms with Crippen molar-refractivity contribution < 1.29 is 15.0 Å². The zero-order chi connectivity index (χ0) is 25.7. The molecule has 2 aromatic heterocycles. The van der Waals surface area contributed by atoms with Crippen molar-refractivity contribution in [1.82, 2.24) is 19.3 Å². The molecule has 8 nitrogen and oxygen atoms in total. The molecular weight excluding hydrogens is 480 g/mol. The number of rotatable bonds is 10. The Morgan fingerprint density at radius 2 is 1.78 bits per heavy atom. The van der Waals surface area contributed by atoms with Crippen LogP contribution in [0.4, 0.5) is 0 Å². The van der Waals surface area contributed by atoms with Gasteiger partial charge < -0.3 is 20.1 Å². The molecule has 1 atom stereocenters. The molecule has 0 aliphatic carbocycles. The van der Waals surface area contributed by atoms with E-state index in [0.29, 0.717) is 28.6 Å². The topological polar surface area (TPSA) is 109 Å². The molecule has 188 valence electrons. The van der Waals surface area contributed by atoms with E-state index in [2.05, 4.69) is 12.2 Å². The number of imidazole rings is 1. The number of carbonyl (C=O) groups excluding carboxylic acids is 1. The second kappa shape index (κ2) is 11.5. The second-order valence-electron chi connectivity index (χ2n) is 8.65. The number of carbonyl (C=O) groups is 1. The molecule has 2 heterocycles. The summed E-state index contributed by atoms with van der Waals surface area (Å²) in [5, 5.41) is 21.6. The van der Waals surface area contributed by atoms with E-state index in [1.54, 1.807) is 53.1 Å². The van der Waals surface area contributed by atoms with Gasteiger partial charge in [0, 0.05) is 41.5 Å². The fraction of sp³-hybridized carbons (Fsp3) is 0.296. The maximum Gasteiger partial charge on any atom is 0.259 e. The molecule has 0 spiro atoms. The number of hydrogen-bond acceptors (Lipinski definition) is 5. The SMILES string of the molecule is CCCCCn1c(-c2ccc(C(=O)NC[C@@H](O)CO)cc2)cc(=O)n2cc(-c3ccc(Cl)cc3)nc12. The zero-order valence-corrected chi connectivity index (χ0v) is 20.8. The molecule has 0 aliphatic rings. The Hall–Kier alpha value is -3.46. The predicted molar refractivity (Wildman–Crippen MR) is 140 cm³/mol. The molecule has 2 aromatic carbocycles. The number of amides is 1. The minimum absolute atomic E-state index is 0.0411. The third kappa shape index (κ3) is 5.67. The standard InChI is InChI=1S/C27H29ClN4O4/c1-2-3-4-13-31-24(19-5-7-20(8-6-19)26(36)29-15-22(34)17-33)14-25(35)32-16-23(30-27(31)32)18-9-11-21(28)12-10-18/h5-12,14,16,22,33-34H,2-4,13,15,17H2,1H3,(H,29,36)/t22-/m1/s1. The van der Waals surface area contributed by atoms with Crippen molar-refractivity contribution >= 4 is 23.3 Å². The van der Waals surface area contributed by atoms with Gasteiger partial charge in [-0.05, 0) is 36.2 Å². The summed E-state index contributed by atoms with van der Waals surface area (Å²) in [5.74, 6) is 0.198.